The number of aryl methyl sites for hydroxylation is 1. The summed E-state index contributed by atoms with van der Waals surface area (Å²) in [6.07, 6.45) is -13.6. The van der Waals surface area contributed by atoms with Crippen molar-refractivity contribution in [2.45, 2.75) is 85.3 Å². The van der Waals surface area contributed by atoms with Gasteiger partial charge in [-0.3, -0.25) is 4.79 Å². The Hall–Kier alpha value is -2.74. The van der Waals surface area contributed by atoms with Gasteiger partial charge < -0.3 is 10.0 Å². The monoisotopic (exact) mass is 613 g/mol. The number of sulfone groups is 1. The Morgan fingerprint density at radius 2 is 1.59 bits per heavy atom. The van der Waals surface area contributed by atoms with Gasteiger partial charge in [-0.15, -0.1) is 0 Å². The molecule has 4 rings (SSSR count). The molecular weight excluding hydrogens is 586 g/mol. The van der Waals surface area contributed by atoms with E-state index in [1.807, 2.05) is 0 Å². The van der Waals surface area contributed by atoms with E-state index in [1.165, 1.54) is 18.7 Å². The van der Waals surface area contributed by atoms with Crippen LogP contribution in [0.1, 0.15) is 56.2 Å². The fourth-order valence-electron chi connectivity index (χ4n) is 6.02. The zero-order valence-electron chi connectivity index (χ0n) is 21.9. The Kier molecular flexibility index (Phi) is 7.55. The van der Waals surface area contributed by atoms with E-state index in [2.05, 4.69) is 0 Å². The summed E-state index contributed by atoms with van der Waals surface area (Å²) >= 11 is 0. The predicted molar refractivity (Wildman–Crippen MR) is 131 cm³/mol. The minimum Gasteiger partial charge on any atom is -0.390 e. The molecule has 2 aromatic carbocycles. The number of aliphatic hydroxyl groups is 1. The summed E-state index contributed by atoms with van der Waals surface area (Å²) < 4.78 is 136. The summed E-state index contributed by atoms with van der Waals surface area (Å²) in [6.45, 7) is 2.59. The third-order valence-electron chi connectivity index (χ3n) is 7.81. The minimum absolute atomic E-state index is 0.0126. The number of hydrogen-bond acceptors (Lipinski definition) is 4. The van der Waals surface area contributed by atoms with Crippen molar-refractivity contribution in [1.29, 1.82) is 0 Å². The van der Waals surface area contributed by atoms with Gasteiger partial charge in [0.15, 0.2) is 9.84 Å². The van der Waals surface area contributed by atoms with Crippen LogP contribution >= 0.6 is 0 Å². The number of carbonyl (C=O) groups excluding carboxylic acids is 1. The zero-order valence-corrected chi connectivity index (χ0v) is 22.7. The van der Waals surface area contributed by atoms with Crippen LogP contribution in [0.4, 0.5) is 35.1 Å². The van der Waals surface area contributed by atoms with Gasteiger partial charge in [-0.2, -0.15) is 26.3 Å². The molecular formula is C27H27F8NO4S. The third-order valence-corrected chi connectivity index (χ3v) is 10.4. The molecule has 1 amide bonds. The van der Waals surface area contributed by atoms with Crippen LogP contribution in [0.25, 0.3) is 0 Å². The molecule has 0 spiro atoms. The van der Waals surface area contributed by atoms with Crippen molar-refractivity contribution in [3.8, 4) is 0 Å². The summed E-state index contributed by atoms with van der Waals surface area (Å²) in [5.74, 6) is -1.36. The quantitative estimate of drug-likeness (QED) is 0.338. The summed E-state index contributed by atoms with van der Waals surface area (Å²) in [4.78, 5) is 14.1. The molecule has 1 saturated heterocycles. The lowest BCUT2D eigenvalue weighted by atomic mass is 9.84. The van der Waals surface area contributed by atoms with E-state index in [0.717, 1.165) is 30.3 Å². The molecule has 1 fully saturated rings. The molecule has 0 aromatic heterocycles. The number of likely N-dealkylation sites (tertiary alicyclic amines) is 1. The molecule has 0 bridgehead atoms. The molecule has 0 saturated carbocycles. The van der Waals surface area contributed by atoms with Crippen molar-refractivity contribution in [3.05, 3.63) is 65.0 Å². The van der Waals surface area contributed by atoms with Gasteiger partial charge in [-0.25, -0.2) is 17.2 Å². The largest absolute Gasteiger partial charge is 0.435 e. The van der Waals surface area contributed by atoms with Crippen molar-refractivity contribution >= 4 is 15.7 Å². The molecule has 5 nitrogen and oxygen atoms in total. The average molecular weight is 614 g/mol. The van der Waals surface area contributed by atoms with Crippen LogP contribution < -0.4 is 0 Å². The molecule has 2 atom stereocenters. The van der Waals surface area contributed by atoms with Gasteiger partial charge in [0.25, 0.3) is 0 Å². The van der Waals surface area contributed by atoms with Crippen molar-refractivity contribution in [2.24, 2.45) is 0 Å². The number of nitrogens with zero attached hydrogens (tertiary/aromatic N) is 1. The summed E-state index contributed by atoms with van der Waals surface area (Å²) in [5, 5.41) is 10.2. The topological polar surface area (TPSA) is 74.7 Å². The van der Waals surface area contributed by atoms with Gasteiger partial charge in [-0.1, -0.05) is 18.2 Å². The van der Waals surface area contributed by atoms with E-state index in [-0.39, 0.29) is 60.7 Å². The maximum absolute atomic E-state index is 15.0. The van der Waals surface area contributed by atoms with Gasteiger partial charge in [-0.05, 0) is 74.9 Å². The lowest BCUT2D eigenvalue weighted by molar-refractivity contribution is -0.348. The van der Waals surface area contributed by atoms with Gasteiger partial charge >= 0.3 is 18.0 Å². The zero-order chi connectivity index (χ0) is 30.8. The summed E-state index contributed by atoms with van der Waals surface area (Å²) in [5.41, 5.74) is -9.30. The standard InChI is InChI=1S/C27H27F8NO4S/c1-23(2,38)15-22(37)36-13-12-24(41(39,40)19-9-7-18(28)8-10-19)20-11-6-17(14-16(20)4-3-5-21(24)36)25(29,26(30,31)32)27(33,34)35/h6-11,14,21,38H,3-5,12-13,15H2,1-2H3/t21-,24-/m1/s1. The maximum Gasteiger partial charge on any atom is 0.435 e. The second-order valence-corrected chi connectivity index (χ2v) is 13.3. The van der Waals surface area contributed by atoms with E-state index in [4.69, 9.17) is 0 Å². The summed E-state index contributed by atoms with van der Waals surface area (Å²) in [6, 6.07) is 4.06. The lowest BCUT2D eigenvalue weighted by Gasteiger charge is -2.38. The molecule has 1 aliphatic heterocycles. The molecule has 1 N–H and O–H groups in total. The summed E-state index contributed by atoms with van der Waals surface area (Å²) in [7, 11) is -4.59. The molecule has 1 aliphatic carbocycles. The first-order valence-electron chi connectivity index (χ1n) is 12.6. The Labute approximate surface area is 231 Å². The minimum atomic E-state index is -6.36. The molecule has 0 radical (unpaired) electrons. The van der Waals surface area contributed by atoms with Crippen LogP contribution in [0.3, 0.4) is 0 Å². The predicted octanol–water partition coefficient (Wildman–Crippen LogP) is 5.88. The van der Waals surface area contributed by atoms with Crippen LogP contribution in [0.5, 0.6) is 0 Å². The van der Waals surface area contributed by atoms with Gasteiger partial charge in [0.2, 0.25) is 5.91 Å². The number of benzene rings is 2. The highest BCUT2D eigenvalue weighted by Gasteiger charge is 2.73. The molecule has 2 aliphatic rings. The highest BCUT2D eigenvalue weighted by molar-refractivity contribution is 7.92. The Morgan fingerprint density at radius 3 is 2.12 bits per heavy atom. The van der Waals surface area contributed by atoms with E-state index < -0.39 is 61.5 Å². The lowest BCUT2D eigenvalue weighted by Crippen LogP contribution is -2.51. The highest BCUT2D eigenvalue weighted by atomic mass is 32.2. The average Bonchev–Trinajstić information content (AvgIpc) is 3.14. The molecule has 0 unspecified atom stereocenters. The number of fused-ring (bicyclic) bond motifs is 3. The second-order valence-electron chi connectivity index (χ2n) is 11.1. The molecule has 226 valence electrons. The van der Waals surface area contributed by atoms with E-state index in [1.54, 1.807) is 0 Å². The molecule has 2 aromatic rings. The van der Waals surface area contributed by atoms with E-state index in [9.17, 15) is 53.4 Å². The van der Waals surface area contributed by atoms with E-state index >= 15 is 0 Å². The first kappa shape index (κ1) is 31.2. The SMILES string of the molecule is CC(C)(O)CC(=O)N1CC[C@@]2(S(=O)(=O)c3ccc(F)cc3)c3ccc(C(F)(C(F)(F)F)C(F)(F)F)cc3CCC[C@@H]12. The molecule has 14 heteroatoms. The van der Waals surface area contributed by atoms with E-state index in [0.29, 0.717) is 6.07 Å². The first-order chi connectivity index (χ1) is 18.7. The van der Waals surface area contributed by atoms with Gasteiger partial charge in [0, 0.05) is 12.1 Å². The number of amides is 1. The van der Waals surface area contributed by atoms with Crippen molar-refractivity contribution in [2.75, 3.05) is 6.54 Å². The van der Waals surface area contributed by atoms with Crippen LogP contribution in [-0.4, -0.2) is 54.9 Å². The number of carbonyl (C=O) groups is 1. The Balaban J connectivity index is 1.97. The number of hydrogen-bond donors (Lipinski definition) is 1. The fraction of sp³-hybridized carbons (Fsp3) is 0.519. The Morgan fingerprint density at radius 1 is 1.00 bits per heavy atom. The van der Waals surface area contributed by atoms with Crippen LogP contribution in [0.2, 0.25) is 0 Å². The van der Waals surface area contributed by atoms with Crippen LogP contribution in [0, 0.1) is 5.82 Å². The Bertz CT molecular complexity index is 1420. The van der Waals surface area contributed by atoms with Crippen molar-refractivity contribution in [1.82, 2.24) is 4.90 Å². The van der Waals surface area contributed by atoms with Crippen LogP contribution in [-0.2, 0) is 31.5 Å². The van der Waals surface area contributed by atoms with Crippen molar-refractivity contribution in [3.63, 3.8) is 0 Å². The normalized spacial score (nSPS) is 22.2. The molecule has 1 heterocycles. The smallest absolute Gasteiger partial charge is 0.390 e. The van der Waals surface area contributed by atoms with Gasteiger partial charge in [0.1, 0.15) is 10.6 Å². The number of alkyl halides is 7. The van der Waals surface area contributed by atoms with Gasteiger partial charge in [0.05, 0.1) is 23.0 Å². The number of rotatable bonds is 5. The maximum atomic E-state index is 15.0. The van der Waals surface area contributed by atoms with Crippen molar-refractivity contribution < 1.29 is 53.4 Å². The highest BCUT2D eigenvalue weighted by Crippen LogP contribution is 2.56. The molecule has 41 heavy (non-hydrogen) atoms. The second kappa shape index (κ2) is 9.92. The number of halogens is 8. The first-order valence-corrected chi connectivity index (χ1v) is 14.1. The third kappa shape index (κ3) is 5.00. The fourth-order valence-corrected chi connectivity index (χ4v) is 8.38. The van der Waals surface area contributed by atoms with Crippen LogP contribution in [0.15, 0.2) is 47.4 Å².